The fourth-order valence-corrected chi connectivity index (χ4v) is 6.17. The summed E-state index contributed by atoms with van der Waals surface area (Å²) < 4.78 is 87.8. The topological polar surface area (TPSA) is 88.9 Å². The van der Waals surface area contributed by atoms with Crippen molar-refractivity contribution in [2.75, 3.05) is 37.7 Å². The Labute approximate surface area is 221 Å². The predicted molar refractivity (Wildman–Crippen MR) is 135 cm³/mol. The van der Waals surface area contributed by atoms with Crippen LogP contribution >= 0.6 is 0 Å². The van der Waals surface area contributed by atoms with Crippen molar-refractivity contribution in [3.05, 3.63) is 69.8 Å². The molecule has 0 N–H and O–H groups in total. The molecule has 1 aliphatic heterocycles. The maximum Gasteiger partial charge on any atom is 0.416 e. The third-order valence-electron chi connectivity index (χ3n) is 6.94. The number of hydrogen-bond acceptors (Lipinski definition) is 6. The Bertz CT molecular complexity index is 1590. The zero-order valence-electron chi connectivity index (χ0n) is 20.9. The maximum absolute atomic E-state index is 15.3. The van der Waals surface area contributed by atoms with E-state index in [-0.39, 0.29) is 60.4 Å². The van der Waals surface area contributed by atoms with Crippen LogP contribution in [-0.4, -0.2) is 56.0 Å². The molecule has 0 bridgehead atoms. The molecule has 1 aromatic heterocycles. The first-order valence-electron chi connectivity index (χ1n) is 12.4. The summed E-state index contributed by atoms with van der Waals surface area (Å²) in [6.07, 6.45) is -1.44. The second kappa shape index (κ2) is 9.94. The first kappa shape index (κ1) is 27.1. The molecule has 2 heterocycles. The number of alkyl halides is 3. The van der Waals surface area contributed by atoms with Crippen LogP contribution in [0.2, 0.25) is 0 Å². The van der Waals surface area contributed by atoms with E-state index in [1.54, 1.807) is 22.5 Å². The van der Waals surface area contributed by atoms with E-state index in [1.165, 1.54) is 6.20 Å². The molecule has 0 unspecified atom stereocenters. The van der Waals surface area contributed by atoms with Crippen LogP contribution in [0.25, 0.3) is 10.9 Å². The molecule has 1 aliphatic carbocycles. The first-order valence-corrected chi connectivity index (χ1v) is 13.8. The molecule has 1 saturated heterocycles. The SMILES string of the molecule is CCOC(=O)c1cn(C2CC2)c2cc(N3CCN(S(=O)(=O)c4ccc(C(F)(F)F)cc4)CC3)c(F)cc2c1=O. The lowest BCUT2D eigenvalue weighted by atomic mass is 10.1. The van der Waals surface area contributed by atoms with Crippen molar-refractivity contribution in [2.45, 2.75) is 36.9 Å². The van der Waals surface area contributed by atoms with E-state index in [2.05, 4.69) is 0 Å². The zero-order chi connectivity index (χ0) is 28.1. The van der Waals surface area contributed by atoms with Crippen LogP contribution in [0, 0.1) is 5.82 Å². The largest absolute Gasteiger partial charge is 0.462 e. The van der Waals surface area contributed by atoms with E-state index < -0.39 is 39.0 Å². The lowest BCUT2D eigenvalue weighted by Gasteiger charge is -2.35. The Kier molecular flexibility index (Phi) is 6.91. The summed E-state index contributed by atoms with van der Waals surface area (Å²) in [5.41, 5.74) is -1.08. The summed E-state index contributed by atoms with van der Waals surface area (Å²) in [5, 5.41) is 0.0530. The summed E-state index contributed by atoms with van der Waals surface area (Å²) in [7, 11) is -4.05. The third-order valence-corrected chi connectivity index (χ3v) is 8.85. The molecule has 0 spiro atoms. The highest BCUT2D eigenvalue weighted by molar-refractivity contribution is 7.89. The Balaban J connectivity index is 1.41. The van der Waals surface area contributed by atoms with Crippen molar-refractivity contribution in [3.8, 4) is 0 Å². The molecule has 8 nitrogen and oxygen atoms in total. The van der Waals surface area contributed by atoms with Gasteiger partial charge in [-0.25, -0.2) is 17.6 Å². The highest BCUT2D eigenvalue weighted by Gasteiger charge is 2.34. The number of esters is 1. The number of halogens is 4. The summed E-state index contributed by atoms with van der Waals surface area (Å²) >= 11 is 0. The normalized spacial score (nSPS) is 17.0. The number of hydrogen-bond donors (Lipinski definition) is 0. The monoisotopic (exact) mass is 567 g/mol. The average molecular weight is 568 g/mol. The van der Waals surface area contributed by atoms with Crippen LogP contribution in [0.3, 0.4) is 0 Å². The van der Waals surface area contributed by atoms with Gasteiger partial charge in [0.15, 0.2) is 0 Å². The van der Waals surface area contributed by atoms with Crippen LogP contribution in [0.4, 0.5) is 23.2 Å². The first-order chi connectivity index (χ1) is 18.4. The van der Waals surface area contributed by atoms with Crippen molar-refractivity contribution in [1.82, 2.24) is 8.87 Å². The second-order valence-corrected chi connectivity index (χ2v) is 11.4. The van der Waals surface area contributed by atoms with Gasteiger partial charge in [-0.1, -0.05) is 0 Å². The molecule has 2 aromatic carbocycles. The van der Waals surface area contributed by atoms with E-state index in [4.69, 9.17) is 4.74 Å². The van der Waals surface area contributed by atoms with Gasteiger partial charge in [0.05, 0.1) is 28.3 Å². The fourth-order valence-electron chi connectivity index (χ4n) is 4.74. The van der Waals surface area contributed by atoms with Gasteiger partial charge in [-0.15, -0.1) is 0 Å². The molecule has 39 heavy (non-hydrogen) atoms. The van der Waals surface area contributed by atoms with Crippen molar-refractivity contribution in [1.29, 1.82) is 0 Å². The minimum atomic E-state index is -4.58. The van der Waals surface area contributed by atoms with Crippen LogP contribution in [0.5, 0.6) is 0 Å². The van der Waals surface area contributed by atoms with E-state index in [1.807, 2.05) is 0 Å². The van der Waals surface area contributed by atoms with Crippen molar-refractivity contribution >= 4 is 32.6 Å². The number of aromatic nitrogens is 1. The number of benzene rings is 2. The molecule has 2 fully saturated rings. The molecule has 0 amide bonds. The van der Waals surface area contributed by atoms with Gasteiger partial charge in [0.1, 0.15) is 11.4 Å². The van der Waals surface area contributed by atoms with Gasteiger partial charge < -0.3 is 14.2 Å². The average Bonchev–Trinajstić information content (AvgIpc) is 3.74. The molecule has 0 atom stereocenters. The Morgan fingerprint density at radius 1 is 1.05 bits per heavy atom. The number of piperazine rings is 1. The van der Waals surface area contributed by atoms with E-state index >= 15 is 4.39 Å². The molecule has 5 rings (SSSR count). The summed E-state index contributed by atoms with van der Waals surface area (Å²) in [6, 6.07) is 6.00. The standard InChI is InChI=1S/C26H25F4N3O5S/c1-2-38-25(35)20-15-33(17-5-6-17)22-14-23(21(27)13-19(22)24(20)34)31-9-11-32(12-10-31)39(36,37)18-7-3-16(4-8-18)26(28,29)30/h3-4,7-8,13-15,17H,2,5-6,9-12H2,1H3. The number of nitrogens with zero attached hydrogens (tertiary/aromatic N) is 3. The van der Waals surface area contributed by atoms with Gasteiger partial charge in [-0.2, -0.15) is 17.5 Å². The zero-order valence-corrected chi connectivity index (χ0v) is 21.7. The number of carbonyl (C=O) groups is 1. The molecule has 208 valence electrons. The minimum absolute atomic E-state index is 0.0158. The minimum Gasteiger partial charge on any atom is -0.462 e. The van der Waals surface area contributed by atoms with E-state index in [0.717, 1.165) is 47.5 Å². The third kappa shape index (κ3) is 5.12. The lowest BCUT2D eigenvalue weighted by Crippen LogP contribution is -2.49. The molecule has 1 saturated carbocycles. The smallest absolute Gasteiger partial charge is 0.416 e. The number of pyridine rings is 1. The number of fused-ring (bicyclic) bond motifs is 1. The summed E-state index contributed by atoms with van der Waals surface area (Å²) in [5.74, 6) is -1.46. The van der Waals surface area contributed by atoms with Crippen LogP contribution in [0.1, 0.15) is 41.7 Å². The quantitative estimate of drug-likeness (QED) is 0.328. The predicted octanol–water partition coefficient (Wildman–Crippen LogP) is 4.18. The lowest BCUT2D eigenvalue weighted by molar-refractivity contribution is -0.137. The molecular weight excluding hydrogens is 542 g/mol. The molecule has 2 aliphatic rings. The Morgan fingerprint density at radius 2 is 1.69 bits per heavy atom. The number of sulfonamides is 1. The van der Waals surface area contributed by atoms with Gasteiger partial charge in [0.2, 0.25) is 15.5 Å². The maximum atomic E-state index is 15.3. The number of carbonyl (C=O) groups excluding carboxylic acids is 1. The second-order valence-electron chi connectivity index (χ2n) is 9.46. The van der Waals surface area contributed by atoms with E-state index in [9.17, 15) is 31.2 Å². The molecular formula is C26H25F4N3O5S. The fraction of sp³-hybridized carbons (Fsp3) is 0.385. The molecule has 3 aromatic rings. The van der Waals surface area contributed by atoms with Crippen LogP contribution in [-0.2, 0) is 20.9 Å². The molecule has 13 heteroatoms. The number of ether oxygens (including phenoxy) is 1. The van der Waals surface area contributed by atoms with Crippen molar-refractivity contribution in [3.63, 3.8) is 0 Å². The highest BCUT2D eigenvalue weighted by atomic mass is 32.2. The van der Waals surface area contributed by atoms with Gasteiger partial charge in [-0.3, -0.25) is 4.79 Å². The van der Waals surface area contributed by atoms with Crippen molar-refractivity contribution in [2.24, 2.45) is 0 Å². The number of anilines is 1. The Morgan fingerprint density at radius 3 is 2.26 bits per heavy atom. The van der Waals surface area contributed by atoms with Gasteiger partial charge >= 0.3 is 12.1 Å². The van der Waals surface area contributed by atoms with Crippen LogP contribution < -0.4 is 10.3 Å². The Hall–Kier alpha value is -3.45. The summed E-state index contributed by atoms with van der Waals surface area (Å²) in [6.45, 7) is 1.93. The van der Waals surface area contributed by atoms with E-state index in [0.29, 0.717) is 5.52 Å². The summed E-state index contributed by atoms with van der Waals surface area (Å²) in [4.78, 5) is 26.8. The van der Waals surface area contributed by atoms with Gasteiger partial charge in [0, 0.05) is 43.8 Å². The highest BCUT2D eigenvalue weighted by Crippen LogP contribution is 2.38. The van der Waals surface area contributed by atoms with Gasteiger partial charge in [-0.05, 0) is 56.2 Å². The number of rotatable bonds is 6. The van der Waals surface area contributed by atoms with Crippen LogP contribution in [0.15, 0.2) is 52.3 Å². The molecule has 0 radical (unpaired) electrons. The van der Waals surface area contributed by atoms with Crippen molar-refractivity contribution < 1.29 is 35.5 Å². The van der Waals surface area contributed by atoms with Gasteiger partial charge in [0.25, 0.3) is 0 Å².